The maximum absolute atomic E-state index is 10.1. The van der Waals surface area contributed by atoms with Crippen molar-refractivity contribution in [2.24, 2.45) is 0 Å². The summed E-state index contributed by atoms with van der Waals surface area (Å²) in [5.41, 5.74) is 10.0. The van der Waals surface area contributed by atoms with E-state index >= 15 is 0 Å². The molecule has 2 fully saturated rings. The summed E-state index contributed by atoms with van der Waals surface area (Å²) < 4.78 is 8.28. The van der Waals surface area contributed by atoms with Crippen molar-refractivity contribution in [2.45, 2.75) is 94.4 Å². The molecule has 5 heterocycles. The minimum absolute atomic E-state index is 0.0405. The number of hydrogen-bond acceptors (Lipinski definition) is 11. The molecule has 4 aromatic heterocycles. The second-order valence-electron chi connectivity index (χ2n) is 12.6. The molecule has 42 heavy (non-hydrogen) atoms. The van der Waals surface area contributed by atoms with Crippen molar-refractivity contribution in [2.75, 3.05) is 24.6 Å². The Morgan fingerprint density at radius 1 is 1.26 bits per heavy atom. The van der Waals surface area contributed by atoms with E-state index in [9.17, 15) is 10.4 Å². The van der Waals surface area contributed by atoms with Crippen LogP contribution in [0.2, 0.25) is 0 Å². The van der Waals surface area contributed by atoms with Gasteiger partial charge >= 0.3 is 0 Å². The van der Waals surface area contributed by atoms with Gasteiger partial charge in [-0.3, -0.25) is 0 Å². The molecular formula is C30H35N9O2S. The standard InChI is InChI=1S/C30H35N9O2S/c1-15(20-7-5-11-38(20)2)39-29-18(14-33-39)27(34-19-12-21(19)40)35-28(36-29)24-16-6-3-9-30(25(16)41-37-24)10-4-8-22-23(30)17(13-31)26(32)42-22/h14-15,19-21,40H,3-12,32H2,1-2H3,(H,34,35,36)/t15-,19?,20-,21?,30-/m0/s1. The van der Waals surface area contributed by atoms with Crippen LogP contribution in [0.1, 0.15) is 85.2 Å². The number of aliphatic hydroxyl groups excluding tert-OH is 1. The van der Waals surface area contributed by atoms with Gasteiger partial charge < -0.3 is 25.6 Å². The predicted molar refractivity (Wildman–Crippen MR) is 159 cm³/mol. The maximum Gasteiger partial charge on any atom is 0.186 e. The zero-order chi connectivity index (χ0) is 28.7. The molecule has 5 atom stereocenters. The number of likely N-dealkylation sites (N-methyl/N-ethyl adjacent to an activating group) is 1. The first-order valence-corrected chi connectivity index (χ1v) is 15.9. The number of likely N-dealkylation sites (tertiary alicyclic amines) is 1. The lowest BCUT2D eigenvalue weighted by atomic mass is 9.63. The van der Waals surface area contributed by atoms with Crippen molar-refractivity contribution < 1.29 is 9.63 Å². The van der Waals surface area contributed by atoms with Gasteiger partial charge in [0.25, 0.3) is 0 Å². The van der Waals surface area contributed by atoms with Gasteiger partial charge in [0, 0.05) is 16.5 Å². The molecule has 1 aliphatic heterocycles. The summed E-state index contributed by atoms with van der Waals surface area (Å²) in [6.45, 7) is 3.29. The number of aryl methyl sites for hydroxylation is 1. The summed E-state index contributed by atoms with van der Waals surface area (Å²) in [7, 11) is 2.18. The number of aromatic nitrogens is 5. The number of nitrogen functional groups attached to an aromatic ring is 1. The van der Waals surface area contributed by atoms with Gasteiger partial charge in [-0.25, -0.2) is 14.6 Å². The van der Waals surface area contributed by atoms with E-state index in [1.807, 2.05) is 10.9 Å². The summed E-state index contributed by atoms with van der Waals surface area (Å²) >= 11 is 1.54. The highest BCUT2D eigenvalue weighted by Crippen LogP contribution is 2.55. The highest BCUT2D eigenvalue weighted by Gasteiger charge is 2.49. The maximum atomic E-state index is 10.1. The summed E-state index contributed by atoms with van der Waals surface area (Å²) in [5.74, 6) is 2.00. The molecule has 4 aromatic rings. The van der Waals surface area contributed by atoms with Crippen LogP contribution in [0.25, 0.3) is 22.6 Å². The Balaban J connectivity index is 1.27. The minimum Gasteiger partial charge on any atom is -0.391 e. The molecule has 0 amide bonds. The van der Waals surface area contributed by atoms with E-state index in [0.717, 1.165) is 79.4 Å². The van der Waals surface area contributed by atoms with Gasteiger partial charge in [-0.15, -0.1) is 11.3 Å². The fourth-order valence-electron chi connectivity index (χ4n) is 7.88. The van der Waals surface area contributed by atoms with Crippen LogP contribution in [0.3, 0.4) is 0 Å². The van der Waals surface area contributed by atoms with Gasteiger partial charge in [-0.2, -0.15) is 10.4 Å². The first kappa shape index (κ1) is 26.1. The smallest absolute Gasteiger partial charge is 0.186 e. The molecule has 2 unspecified atom stereocenters. The van der Waals surface area contributed by atoms with Crippen LogP contribution >= 0.6 is 11.3 Å². The first-order chi connectivity index (χ1) is 20.4. The van der Waals surface area contributed by atoms with Gasteiger partial charge in [0.2, 0.25) is 0 Å². The van der Waals surface area contributed by atoms with Crippen molar-refractivity contribution in [1.82, 2.24) is 29.8 Å². The van der Waals surface area contributed by atoms with Gasteiger partial charge in [-0.05, 0) is 83.9 Å². The molecule has 11 nitrogen and oxygen atoms in total. The number of rotatable bonds is 5. The third-order valence-electron chi connectivity index (χ3n) is 10.1. The highest BCUT2D eigenvalue weighted by atomic mass is 32.1. The predicted octanol–water partition coefficient (Wildman–Crippen LogP) is 4.16. The lowest BCUT2D eigenvalue weighted by Crippen LogP contribution is -2.35. The summed E-state index contributed by atoms with van der Waals surface area (Å²) in [4.78, 5) is 13.7. The molecule has 0 aromatic carbocycles. The fraction of sp³-hybridized carbons (Fsp3) is 0.567. The van der Waals surface area contributed by atoms with Gasteiger partial charge in [0.15, 0.2) is 22.9 Å². The van der Waals surface area contributed by atoms with Crippen LogP contribution in [0.15, 0.2) is 10.7 Å². The molecule has 3 aliphatic carbocycles. The zero-order valence-electron chi connectivity index (χ0n) is 23.9. The number of aliphatic hydroxyl groups is 1. The van der Waals surface area contributed by atoms with Crippen molar-refractivity contribution in [3.05, 3.63) is 33.5 Å². The van der Waals surface area contributed by atoms with Crippen molar-refractivity contribution in [3.8, 4) is 17.6 Å². The number of hydrogen-bond donors (Lipinski definition) is 3. The number of nitrogens with one attached hydrogen (secondary N) is 1. The summed E-state index contributed by atoms with van der Waals surface area (Å²) in [6.07, 6.45) is 9.94. The Labute approximate surface area is 247 Å². The van der Waals surface area contributed by atoms with Crippen LogP contribution in [0.4, 0.5) is 10.8 Å². The van der Waals surface area contributed by atoms with Crippen LogP contribution in [0.5, 0.6) is 0 Å². The Morgan fingerprint density at radius 2 is 2.07 bits per heavy atom. The molecule has 1 saturated heterocycles. The van der Waals surface area contributed by atoms with E-state index in [1.54, 1.807) is 11.3 Å². The number of thiophene rings is 1. The summed E-state index contributed by atoms with van der Waals surface area (Å²) in [6, 6.07) is 2.86. The third kappa shape index (κ3) is 3.76. The topological polar surface area (TPSA) is 155 Å². The van der Waals surface area contributed by atoms with Crippen LogP contribution < -0.4 is 11.1 Å². The normalized spacial score (nSPS) is 27.6. The molecule has 0 radical (unpaired) electrons. The van der Waals surface area contributed by atoms with E-state index in [2.05, 4.69) is 35.4 Å². The molecule has 12 heteroatoms. The molecular weight excluding hydrogens is 550 g/mol. The van der Waals surface area contributed by atoms with E-state index in [0.29, 0.717) is 40.4 Å². The number of fused-ring (bicyclic) bond motifs is 5. The molecule has 1 spiro atoms. The van der Waals surface area contributed by atoms with E-state index in [1.165, 1.54) is 11.3 Å². The lowest BCUT2D eigenvalue weighted by Gasteiger charge is -2.39. The van der Waals surface area contributed by atoms with E-state index in [-0.39, 0.29) is 18.2 Å². The number of nitriles is 1. The monoisotopic (exact) mass is 585 g/mol. The van der Waals surface area contributed by atoms with Crippen molar-refractivity contribution >= 4 is 33.2 Å². The van der Waals surface area contributed by atoms with Gasteiger partial charge in [-0.1, -0.05) is 5.16 Å². The van der Waals surface area contributed by atoms with Crippen LogP contribution in [-0.4, -0.2) is 66.7 Å². The van der Waals surface area contributed by atoms with Crippen molar-refractivity contribution in [1.29, 1.82) is 5.26 Å². The molecule has 4 aliphatic rings. The highest BCUT2D eigenvalue weighted by molar-refractivity contribution is 7.16. The number of anilines is 2. The molecule has 218 valence electrons. The Kier molecular flexibility index (Phi) is 5.90. The molecule has 1 saturated carbocycles. The number of nitrogens with zero attached hydrogens (tertiary/aromatic N) is 7. The average Bonchev–Trinajstić information content (AvgIpc) is 3.47. The Morgan fingerprint density at radius 3 is 2.81 bits per heavy atom. The SMILES string of the molecule is C[C@@H]([C@@H]1CCCN1C)n1ncc2c(NC3CC3O)nc(-c3noc4c3CCC[C@@]43CCCc4sc(N)c(C#N)c43)nc21. The largest absolute Gasteiger partial charge is 0.391 e. The fourth-order valence-corrected chi connectivity index (χ4v) is 9.04. The molecule has 0 bridgehead atoms. The molecule has 8 rings (SSSR count). The second-order valence-corrected chi connectivity index (χ2v) is 13.7. The van der Waals surface area contributed by atoms with E-state index in [4.69, 9.17) is 25.3 Å². The molecule has 4 N–H and O–H groups in total. The van der Waals surface area contributed by atoms with Gasteiger partial charge in [0.05, 0.1) is 40.7 Å². The average molecular weight is 586 g/mol. The van der Waals surface area contributed by atoms with E-state index < -0.39 is 5.41 Å². The minimum atomic E-state index is -0.405. The third-order valence-corrected chi connectivity index (χ3v) is 11.2. The Hall–Kier alpha value is -3.53. The van der Waals surface area contributed by atoms with Gasteiger partial charge in [0.1, 0.15) is 16.9 Å². The van der Waals surface area contributed by atoms with Crippen LogP contribution in [0, 0.1) is 11.3 Å². The first-order valence-electron chi connectivity index (χ1n) is 15.1. The zero-order valence-corrected chi connectivity index (χ0v) is 24.7. The summed E-state index contributed by atoms with van der Waals surface area (Å²) in [5, 5.41) is 34.5. The van der Waals surface area contributed by atoms with Crippen LogP contribution in [-0.2, 0) is 18.3 Å². The van der Waals surface area contributed by atoms with Crippen molar-refractivity contribution in [3.63, 3.8) is 0 Å². The number of nitrogens with two attached hydrogens (primary N) is 1. The Bertz CT molecular complexity index is 1750. The lowest BCUT2D eigenvalue weighted by molar-refractivity contribution is 0.232. The quantitative estimate of drug-likeness (QED) is 0.311. The second kappa shape index (κ2) is 9.49.